The number of ether oxygens (including phenoxy) is 3. The Hall–Kier alpha value is -6.26. The number of carbonyl (C=O) groups excluding carboxylic acids is 3. The highest BCUT2D eigenvalue weighted by Gasteiger charge is 2.42. The number of aromatic nitrogens is 4. The van der Waals surface area contributed by atoms with Crippen molar-refractivity contribution in [2.24, 2.45) is 11.8 Å². The van der Waals surface area contributed by atoms with E-state index < -0.39 is 24.3 Å². The summed E-state index contributed by atoms with van der Waals surface area (Å²) in [5, 5.41) is 14.9. The number of nitrogens with one attached hydrogen (secondary N) is 3. The van der Waals surface area contributed by atoms with Crippen molar-refractivity contribution in [2.45, 2.75) is 88.4 Å². The van der Waals surface area contributed by atoms with E-state index in [0.29, 0.717) is 71.0 Å². The number of nitrogens with zero attached hydrogens (tertiary/aromatic N) is 5. The number of H-pyrrole nitrogens is 2. The van der Waals surface area contributed by atoms with E-state index in [1.807, 2.05) is 22.2 Å². The predicted molar refractivity (Wildman–Crippen MR) is 247 cm³/mol. The van der Waals surface area contributed by atoms with Gasteiger partial charge in [0.05, 0.1) is 30.6 Å². The molecule has 4 aliphatic heterocycles. The number of amides is 4. The fourth-order valence-corrected chi connectivity index (χ4v) is 10.5. The molecule has 4 atom stereocenters. The minimum atomic E-state index is -1.11. The van der Waals surface area contributed by atoms with E-state index in [-0.39, 0.29) is 35.7 Å². The van der Waals surface area contributed by atoms with Gasteiger partial charge in [0.15, 0.2) is 0 Å². The smallest absolute Gasteiger partial charge is 0.407 e. The Morgan fingerprint density at radius 2 is 1.18 bits per heavy atom. The molecule has 66 heavy (non-hydrogen) atoms. The molecule has 0 bridgehead atoms. The number of imidazole rings is 2. The lowest BCUT2D eigenvalue weighted by atomic mass is 9.88. The fourth-order valence-electron chi connectivity index (χ4n) is 10.5. The summed E-state index contributed by atoms with van der Waals surface area (Å²) in [6.07, 6.45) is 9.93. The van der Waals surface area contributed by atoms with Crippen LogP contribution in [0.25, 0.3) is 44.4 Å². The van der Waals surface area contributed by atoms with Crippen molar-refractivity contribution in [1.29, 1.82) is 0 Å². The Balaban J connectivity index is 0.878. The van der Waals surface area contributed by atoms with Gasteiger partial charge < -0.3 is 44.4 Å². The van der Waals surface area contributed by atoms with Crippen molar-refractivity contribution in [3.8, 4) is 33.6 Å². The molecule has 0 radical (unpaired) electrons. The van der Waals surface area contributed by atoms with Crippen LogP contribution in [-0.2, 0) is 23.8 Å². The van der Waals surface area contributed by atoms with Crippen LogP contribution in [0.4, 0.5) is 9.59 Å². The van der Waals surface area contributed by atoms with E-state index in [9.17, 15) is 24.3 Å². The number of likely N-dealkylation sites (N-methyl/N-ethyl adjacent to an activating group) is 1. The molecule has 0 spiro atoms. The normalized spacial score (nSPS) is 20.7. The van der Waals surface area contributed by atoms with Crippen LogP contribution in [0.1, 0.15) is 87.9 Å². The Morgan fingerprint density at radius 3 is 1.76 bits per heavy atom. The molecule has 0 saturated carbocycles. The summed E-state index contributed by atoms with van der Waals surface area (Å²) >= 11 is 0. The first-order chi connectivity index (χ1) is 32.2. The van der Waals surface area contributed by atoms with Gasteiger partial charge >= 0.3 is 12.2 Å². The lowest BCUT2D eigenvalue weighted by Crippen LogP contribution is -2.55. The molecule has 4 saturated heterocycles. The van der Waals surface area contributed by atoms with E-state index in [1.165, 1.54) is 19.1 Å². The van der Waals surface area contributed by atoms with Crippen LogP contribution in [0.5, 0.6) is 0 Å². The van der Waals surface area contributed by atoms with Crippen LogP contribution in [0, 0.1) is 11.8 Å². The number of rotatable bonds is 11. The number of hydrogen-bond donors (Lipinski definition) is 4. The van der Waals surface area contributed by atoms with Gasteiger partial charge in [0.1, 0.15) is 23.7 Å². The molecule has 0 unspecified atom stereocenters. The number of carboxylic acid groups (broad SMARTS) is 1. The van der Waals surface area contributed by atoms with E-state index in [2.05, 4.69) is 75.9 Å². The Labute approximate surface area is 384 Å². The number of piperidine rings is 2. The summed E-state index contributed by atoms with van der Waals surface area (Å²) in [5.41, 5.74) is 5.64. The molecule has 16 heteroatoms. The van der Waals surface area contributed by atoms with E-state index in [4.69, 9.17) is 24.2 Å². The van der Waals surface area contributed by atoms with Gasteiger partial charge in [-0.2, -0.15) is 0 Å². The van der Waals surface area contributed by atoms with Gasteiger partial charge in [0.2, 0.25) is 11.8 Å². The number of hydrogen-bond acceptors (Lipinski definition) is 9. The maximum atomic E-state index is 14.2. The zero-order chi connectivity index (χ0) is 45.7. The standard InChI is InChI=1S/C50H60N8O8/c1-56(50(62)63)44(34-19-25-66-26-20-34)48(60)58-22-6-4-8-42(58)46-51-29-39(53-46)32-11-9-31(10-12-32)35-13-14-37-28-38(16-15-36(37)27-35)40-30-52-45(54-40)41-7-3-5-21-57(41)47(59)43(55-49(61)64-2)33-17-23-65-24-18-33/h9-16,27-30,33-34,41-44H,3-8,17-26H2,1-2H3,(H,51,53)(H,52,54)(H,55,61)(H,62,63)/t41-,42-,43-,44-/m0/s1. The molecule has 3 aromatic carbocycles. The third kappa shape index (κ3) is 9.52. The zero-order valence-electron chi connectivity index (χ0n) is 37.7. The van der Waals surface area contributed by atoms with Crippen LogP contribution in [0.3, 0.4) is 0 Å². The molecule has 9 rings (SSSR count). The van der Waals surface area contributed by atoms with Gasteiger partial charge in [-0.15, -0.1) is 0 Å². The minimum absolute atomic E-state index is 0.0355. The van der Waals surface area contributed by atoms with E-state index in [0.717, 1.165) is 88.8 Å². The summed E-state index contributed by atoms with van der Waals surface area (Å²) in [4.78, 5) is 74.6. The van der Waals surface area contributed by atoms with Crippen molar-refractivity contribution in [3.05, 3.63) is 84.7 Å². The van der Waals surface area contributed by atoms with Crippen LogP contribution in [0.15, 0.2) is 73.1 Å². The third-order valence-electron chi connectivity index (χ3n) is 14.2. The molecule has 6 heterocycles. The van der Waals surface area contributed by atoms with E-state index in [1.54, 1.807) is 0 Å². The second-order valence-corrected chi connectivity index (χ2v) is 18.1. The number of alkyl carbamates (subject to hydrolysis) is 1. The number of likely N-dealkylation sites (tertiary alicyclic amines) is 2. The van der Waals surface area contributed by atoms with E-state index >= 15 is 0 Å². The van der Waals surface area contributed by atoms with Crippen LogP contribution >= 0.6 is 0 Å². The van der Waals surface area contributed by atoms with Gasteiger partial charge in [-0.25, -0.2) is 19.6 Å². The molecule has 5 aromatic rings. The van der Waals surface area contributed by atoms with Gasteiger partial charge in [0.25, 0.3) is 0 Å². The van der Waals surface area contributed by atoms with Gasteiger partial charge in [0, 0.05) is 70.1 Å². The van der Waals surface area contributed by atoms with Crippen molar-refractivity contribution in [3.63, 3.8) is 0 Å². The summed E-state index contributed by atoms with van der Waals surface area (Å²) in [6.45, 7) is 3.30. The molecule has 4 fully saturated rings. The van der Waals surface area contributed by atoms with Crippen molar-refractivity contribution in [2.75, 3.05) is 53.7 Å². The Kier molecular flexibility index (Phi) is 13.7. The first kappa shape index (κ1) is 44.9. The maximum absolute atomic E-state index is 14.2. The molecule has 16 nitrogen and oxygen atoms in total. The van der Waals surface area contributed by atoms with Gasteiger partial charge in [-0.1, -0.05) is 48.5 Å². The number of fused-ring (bicyclic) bond motifs is 1. The number of benzene rings is 3. The highest BCUT2D eigenvalue weighted by molar-refractivity contribution is 5.91. The highest BCUT2D eigenvalue weighted by atomic mass is 16.5. The number of methoxy groups -OCH3 is 1. The molecule has 0 aliphatic carbocycles. The number of aromatic amines is 2. The summed E-state index contributed by atoms with van der Waals surface area (Å²) < 4.78 is 16.0. The lowest BCUT2D eigenvalue weighted by molar-refractivity contribution is -0.143. The Morgan fingerprint density at radius 1 is 0.682 bits per heavy atom. The molecule has 4 aliphatic rings. The van der Waals surface area contributed by atoms with Gasteiger partial charge in [-0.05, 0) is 110 Å². The third-order valence-corrected chi connectivity index (χ3v) is 14.2. The Bertz CT molecular complexity index is 2510. The van der Waals surface area contributed by atoms with Crippen LogP contribution in [0.2, 0.25) is 0 Å². The fraction of sp³-hybridized carbons (Fsp3) is 0.480. The summed E-state index contributed by atoms with van der Waals surface area (Å²) in [6, 6.07) is 19.1. The average molecular weight is 901 g/mol. The molecule has 2 aromatic heterocycles. The van der Waals surface area contributed by atoms with Crippen LogP contribution < -0.4 is 5.32 Å². The van der Waals surface area contributed by atoms with Gasteiger partial charge in [-0.3, -0.25) is 14.5 Å². The predicted octanol–water partition coefficient (Wildman–Crippen LogP) is 7.95. The quantitative estimate of drug-likeness (QED) is 0.101. The first-order valence-corrected chi connectivity index (χ1v) is 23.5. The molecular weight excluding hydrogens is 841 g/mol. The maximum Gasteiger partial charge on any atom is 0.407 e. The molecule has 4 amide bonds. The average Bonchev–Trinajstić information content (AvgIpc) is 4.08. The second kappa shape index (κ2) is 20.1. The highest BCUT2D eigenvalue weighted by Crippen LogP contribution is 2.37. The summed E-state index contributed by atoms with van der Waals surface area (Å²) in [7, 11) is 2.81. The van der Waals surface area contributed by atoms with Crippen molar-refractivity contribution < 1.29 is 38.5 Å². The molecule has 348 valence electrons. The summed E-state index contributed by atoms with van der Waals surface area (Å²) in [5.74, 6) is 1.04. The monoisotopic (exact) mass is 900 g/mol. The minimum Gasteiger partial charge on any atom is -0.465 e. The zero-order valence-corrected chi connectivity index (χ0v) is 37.7. The van der Waals surface area contributed by atoms with Crippen molar-refractivity contribution >= 4 is 34.8 Å². The topological polar surface area (TPSA) is 195 Å². The van der Waals surface area contributed by atoms with Crippen LogP contribution in [-0.4, -0.2) is 130 Å². The second-order valence-electron chi connectivity index (χ2n) is 18.1. The SMILES string of the molecule is COC(=O)N[C@H](C(=O)N1CCCC[C@H]1c1nc(-c2ccc3cc(-c4ccc(-c5c[nH]c([C@@H]6CCCCN6C(=O)[C@H](C6CCOCC6)N(C)C(=O)O)n5)cc4)ccc3c2)c[nH]1)C1CCOCC1. The largest absolute Gasteiger partial charge is 0.465 e. The molecule has 4 N–H and O–H groups in total. The first-order valence-electron chi connectivity index (χ1n) is 23.5. The number of carbonyl (C=O) groups is 4. The molecular formula is C50H60N8O8. The lowest BCUT2D eigenvalue weighted by Gasteiger charge is -2.41. The van der Waals surface area contributed by atoms with Crippen molar-refractivity contribution in [1.82, 2.24) is 40.0 Å².